The maximum absolute atomic E-state index is 10.9. The molecule has 0 saturated heterocycles. The Morgan fingerprint density at radius 3 is 3.00 bits per heavy atom. The first-order valence-electron chi connectivity index (χ1n) is 5.08. The number of nitrogens with zero attached hydrogens (tertiary/aromatic N) is 2. The second kappa shape index (κ2) is 5.83. The lowest BCUT2D eigenvalue weighted by Gasteiger charge is -2.05. The van der Waals surface area contributed by atoms with Crippen LogP contribution in [-0.4, -0.2) is 9.91 Å². The predicted molar refractivity (Wildman–Crippen MR) is 72.4 cm³/mol. The maximum atomic E-state index is 10.9. The number of nitro groups is 1. The average Bonchev–Trinajstić information content (AvgIpc) is 2.85. The third-order valence-corrected chi connectivity index (χ3v) is 3.30. The molecule has 0 aliphatic carbocycles. The van der Waals surface area contributed by atoms with E-state index in [9.17, 15) is 10.1 Å². The zero-order valence-electron chi connectivity index (χ0n) is 9.50. The summed E-state index contributed by atoms with van der Waals surface area (Å²) in [7, 11) is 0. The number of thiazole rings is 1. The molecule has 1 aromatic heterocycles. The fraction of sp³-hybridized carbons (Fsp3) is 0.100. The number of hydrogen-bond donors (Lipinski definition) is 2. The van der Waals surface area contributed by atoms with Gasteiger partial charge in [0.15, 0.2) is 10.9 Å². The van der Waals surface area contributed by atoms with Gasteiger partial charge in [-0.3, -0.25) is 15.5 Å². The van der Waals surface area contributed by atoms with E-state index in [0.717, 1.165) is 4.88 Å². The van der Waals surface area contributed by atoms with Gasteiger partial charge in [0.1, 0.15) is 6.61 Å². The summed E-state index contributed by atoms with van der Waals surface area (Å²) in [5.74, 6) is 5.36. The smallest absolute Gasteiger partial charge is 0.312 e. The lowest BCUT2D eigenvalue weighted by Crippen LogP contribution is -2.05. The lowest BCUT2D eigenvalue weighted by atomic mass is 10.3. The molecule has 2 aromatic rings. The van der Waals surface area contributed by atoms with Gasteiger partial charge in [-0.05, 0) is 12.1 Å². The molecule has 7 nitrogen and oxygen atoms in total. The third kappa shape index (κ3) is 3.31. The summed E-state index contributed by atoms with van der Waals surface area (Å²) in [4.78, 5) is 15.1. The van der Waals surface area contributed by atoms with Crippen molar-refractivity contribution in [3.63, 3.8) is 0 Å². The normalized spacial score (nSPS) is 10.2. The Labute approximate surface area is 117 Å². The zero-order valence-corrected chi connectivity index (χ0v) is 11.1. The van der Waals surface area contributed by atoms with Gasteiger partial charge in [-0.1, -0.05) is 22.9 Å². The monoisotopic (exact) mass is 300 g/mol. The van der Waals surface area contributed by atoms with Crippen LogP contribution < -0.4 is 16.0 Å². The number of rotatable bonds is 5. The number of aromatic nitrogens is 1. The molecular formula is C10H9ClN4O3S. The quantitative estimate of drug-likeness (QED) is 0.499. The number of nitrogens with one attached hydrogen (secondary N) is 1. The van der Waals surface area contributed by atoms with Gasteiger partial charge in [0.2, 0.25) is 0 Å². The topological polar surface area (TPSA) is 103 Å². The molecule has 0 fully saturated rings. The van der Waals surface area contributed by atoms with Crippen LogP contribution in [0.1, 0.15) is 4.88 Å². The average molecular weight is 301 g/mol. The van der Waals surface area contributed by atoms with Crippen LogP contribution in [0.15, 0.2) is 24.4 Å². The van der Waals surface area contributed by atoms with Crippen LogP contribution in [0, 0.1) is 10.1 Å². The van der Waals surface area contributed by atoms with Gasteiger partial charge >= 0.3 is 5.69 Å². The van der Waals surface area contributed by atoms with Crippen molar-refractivity contribution >= 4 is 33.8 Å². The molecule has 0 aliphatic heterocycles. The summed E-state index contributed by atoms with van der Waals surface area (Å²) in [6.45, 7) is 0.168. The second-order valence-electron chi connectivity index (χ2n) is 3.43. The van der Waals surface area contributed by atoms with E-state index in [1.54, 1.807) is 6.20 Å². The van der Waals surface area contributed by atoms with Crippen LogP contribution in [0.4, 0.5) is 10.8 Å². The molecule has 1 aromatic carbocycles. The van der Waals surface area contributed by atoms with Crippen LogP contribution in [0.5, 0.6) is 5.75 Å². The van der Waals surface area contributed by atoms with E-state index in [1.165, 1.54) is 29.5 Å². The van der Waals surface area contributed by atoms with Crippen molar-refractivity contribution in [3.8, 4) is 5.75 Å². The molecule has 0 spiro atoms. The number of ether oxygens (including phenoxy) is 1. The highest BCUT2D eigenvalue weighted by molar-refractivity contribution is 7.15. The van der Waals surface area contributed by atoms with Crippen molar-refractivity contribution in [2.45, 2.75) is 6.61 Å². The fourth-order valence-electron chi connectivity index (χ4n) is 1.35. The van der Waals surface area contributed by atoms with E-state index in [0.29, 0.717) is 5.13 Å². The van der Waals surface area contributed by atoms with Gasteiger partial charge in [-0.15, -0.1) is 0 Å². The molecule has 0 aliphatic rings. The van der Waals surface area contributed by atoms with Crippen molar-refractivity contribution in [2.24, 2.45) is 5.84 Å². The number of hydrazine groups is 1. The largest absolute Gasteiger partial charge is 0.481 e. The van der Waals surface area contributed by atoms with E-state index in [1.807, 2.05) is 0 Å². The summed E-state index contributed by atoms with van der Waals surface area (Å²) in [5, 5.41) is 11.7. The minimum absolute atomic E-state index is 0.157. The number of benzene rings is 1. The molecule has 100 valence electrons. The van der Waals surface area contributed by atoms with Crippen molar-refractivity contribution in [3.05, 3.63) is 44.4 Å². The zero-order chi connectivity index (χ0) is 13.8. The Bertz CT molecular complexity index is 604. The van der Waals surface area contributed by atoms with Crippen molar-refractivity contribution in [2.75, 3.05) is 5.43 Å². The molecule has 0 saturated carbocycles. The highest BCUT2D eigenvalue weighted by Gasteiger charge is 2.16. The number of nitrogen functional groups attached to an aromatic ring is 1. The standard InChI is InChI=1S/C10H9ClN4O3S/c11-6-1-2-9(8(3-6)15(16)17)18-5-7-4-13-10(14-12)19-7/h1-4H,5,12H2,(H,13,14). The van der Waals surface area contributed by atoms with Crippen LogP contribution in [0.3, 0.4) is 0 Å². The number of nitrogens with two attached hydrogens (primary N) is 1. The number of halogens is 1. The number of nitro benzene ring substituents is 1. The Hall–Kier alpha value is -1.90. The first-order chi connectivity index (χ1) is 9.10. The summed E-state index contributed by atoms with van der Waals surface area (Å²) < 4.78 is 5.40. The van der Waals surface area contributed by atoms with Crippen LogP contribution in [0.2, 0.25) is 5.02 Å². The van der Waals surface area contributed by atoms with E-state index in [-0.39, 0.29) is 23.1 Å². The van der Waals surface area contributed by atoms with E-state index < -0.39 is 4.92 Å². The molecule has 3 N–H and O–H groups in total. The molecule has 2 rings (SSSR count). The Balaban J connectivity index is 2.12. The third-order valence-electron chi connectivity index (χ3n) is 2.16. The molecule has 0 bridgehead atoms. The molecular weight excluding hydrogens is 292 g/mol. The molecule has 9 heteroatoms. The molecule has 0 amide bonds. The minimum atomic E-state index is -0.541. The number of hydrogen-bond acceptors (Lipinski definition) is 7. The first kappa shape index (κ1) is 13.5. The Morgan fingerprint density at radius 2 is 2.37 bits per heavy atom. The van der Waals surface area contributed by atoms with Gasteiger partial charge in [0.25, 0.3) is 0 Å². The van der Waals surface area contributed by atoms with Crippen LogP contribution in [0.25, 0.3) is 0 Å². The van der Waals surface area contributed by atoms with Crippen molar-refractivity contribution < 1.29 is 9.66 Å². The molecule has 19 heavy (non-hydrogen) atoms. The number of anilines is 1. The molecule has 0 radical (unpaired) electrons. The summed E-state index contributed by atoms with van der Waals surface area (Å²) in [6.07, 6.45) is 1.58. The van der Waals surface area contributed by atoms with Gasteiger partial charge < -0.3 is 4.74 Å². The highest BCUT2D eigenvalue weighted by Crippen LogP contribution is 2.31. The van der Waals surface area contributed by atoms with Gasteiger partial charge in [0, 0.05) is 17.3 Å². The summed E-state index contributed by atoms with van der Waals surface area (Å²) in [5.41, 5.74) is 2.24. The van der Waals surface area contributed by atoms with Crippen molar-refractivity contribution in [1.29, 1.82) is 0 Å². The SMILES string of the molecule is NNc1ncc(COc2ccc(Cl)cc2[N+](=O)[O-])s1. The van der Waals surface area contributed by atoms with Gasteiger partial charge in [0.05, 0.1) is 9.80 Å². The highest BCUT2D eigenvalue weighted by atomic mass is 35.5. The summed E-state index contributed by atoms with van der Waals surface area (Å²) in [6, 6.07) is 4.24. The van der Waals surface area contributed by atoms with Gasteiger partial charge in [-0.2, -0.15) is 0 Å². The van der Waals surface area contributed by atoms with Crippen LogP contribution >= 0.6 is 22.9 Å². The van der Waals surface area contributed by atoms with E-state index >= 15 is 0 Å². The maximum Gasteiger partial charge on any atom is 0.312 e. The Kier molecular flexibility index (Phi) is 4.15. The van der Waals surface area contributed by atoms with E-state index in [2.05, 4.69) is 10.4 Å². The summed E-state index contributed by atoms with van der Waals surface area (Å²) >= 11 is 7.01. The fourth-order valence-corrected chi connectivity index (χ4v) is 2.15. The second-order valence-corrected chi connectivity index (χ2v) is 4.99. The predicted octanol–water partition coefficient (Wildman–Crippen LogP) is 2.57. The molecule has 0 atom stereocenters. The van der Waals surface area contributed by atoms with Crippen molar-refractivity contribution in [1.82, 2.24) is 4.98 Å². The Morgan fingerprint density at radius 1 is 1.58 bits per heavy atom. The minimum Gasteiger partial charge on any atom is -0.481 e. The first-order valence-corrected chi connectivity index (χ1v) is 6.27. The van der Waals surface area contributed by atoms with Crippen LogP contribution in [-0.2, 0) is 6.61 Å². The lowest BCUT2D eigenvalue weighted by molar-refractivity contribution is -0.385. The van der Waals surface area contributed by atoms with Gasteiger partial charge in [-0.25, -0.2) is 10.8 Å². The molecule has 0 unspecified atom stereocenters. The molecule has 1 heterocycles. The van der Waals surface area contributed by atoms with E-state index in [4.69, 9.17) is 22.2 Å².